The zero-order valence-electron chi connectivity index (χ0n) is 10.9. The van der Waals surface area contributed by atoms with Crippen molar-refractivity contribution in [1.29, 1.82) is 0 Å². The van der Waals surface area contributed by atoms with Gasteiger partial charge in [-0.15, -0.1) is 23.7 Å². The number of halogens is 3. The van der Waals surface area contributed by atoms with Crippen LogP contribution in [0.25, 0.3) is 0 Å². The lowest BCUT2D eigenvalue weighted by Crippen LogP contribution is -2.46. The average Bonchev–Trinajstić information content (AvgIpc) is 2.82. The smallest absolute Gasteiger partial charge is 0.107 e. The van der Waals surface area contributed by atoms with Crippen molar-refractivity contribution in [3.8, 4) is 0 Å². The van der Waals surface area contributed by atoms with Crippen molar-refractivity contribution < 1.29 is 0 Å². The Morgan fingerprint density at radius 1 is 1.42 bits per heavy atom. The van der Waals surface area contributed by atoms with Crippen LogP contribution in [0, 0.1) is 0 Å². The molecule has 0 radical (unpaired) electrons. The van der Waals surface area contributed by atoms with Crippen LogP contribution in [0.2, 0.25) is 4.34 Å². The van der Waals surface area contributed by atoms with Gasteiger partial charge in [-0.3, -0.25) is 4.90 Å². The second kappa shape index (κ2) is 6.63. The van der Waals surface area contributed by atoms with Gasteiger partial charge in [0.05, 0.1) is 0 Å². The molecule has 1 aromatic rings. The maximum atomic E-state index is 6.10. The Morgan fingerprint density at radius 3 is 2.58 bits per heavy atom. The minimum absolute atomic E-state index is 0. The maximum Gasteiger partial charge on any atom is 0.107 e. The molecule has 0 spiro atoms. The Kier molecular flexibility index (Phi) is 5.60. The van der Waals surface area contributed by atoms with Crippen molar-refractivity contribution in [3.63, 3.8) is 0 Å². The van der Waals surface area contributed by atoms with E-state index in [2.05, 4.69) is 39.3 Å². The third-order valence-electron chi connectivity index (χ3n) is 4.17. The van der Waals surface area contributed by atoms with E-state index in [-0.39, 0.29) is 12.4 Å². The highest BCUT2D eigenvalue weighted by Gasteiger charge is 2.35. The average molecular weight is 386 g/mol. The number of piperidine rings is 1. The van der Waals surface area contributed by atoms with E-state index in [0.717, 1.165) is 33.5 Å². The molecular weight excluding hydrogens is 367 g/mol. The van der Waals surface area contributed by atoms with Crippen LogP contribution >= 0.6 is 51.3 Å². The van der Waals surface area contributed by atoms with Gasteiger partial charge in [0, 0.05) is 34.0 Å². The molecule has 0 aliphatic carbocycles. The molecule has 0 saturated carbocycles. The summed E-state index contributed by atoms with van der Waals surface area (Å²) in [4.78, 5) is 3.85. The Labute approximate surface area is 138 Å². The van der Waals surface area contributed by atoms with Crippen LogP contribution in [0.15, 0.2) is 10.5 Å². The Balaban J connectivity index is 0.00000133. The molecule has 6 heteroatoms. The monoisotopic (exact) mass is 384 g/mol. The first-order valence-electron chi connectivity index (χ1n) is 6.52. The summed E-state index contributed by atoms with van der Waals surface area (Å²) in [5, 5.41) is 3.70. The number of nitrogens with zero attached hydrogens (tertiary/aromatic N) is 1. The molecule has 2 saturated heterocycles. The first-order valence-corrected chi connectivity index (χ1v) is 8.50. The molecule has 108 valence electrons. The summed E-state index contributed by atoms with van der Waals surface area (Å²) in [7, 11) is 2.25. The largest absolute Gasteiger partial charge is 0.311 e. The molecule has 2 aliphatic heterocycles. The van der Waals surface area contributed by atoms with E-state index in [1.165, 1.54) is 30.6 Å². The van der Waals surface area contributed by atoms with E-state index in [1.807, 2.05) is 0 Å². The first kappa shape index (κ1) is 16.1. The van der Waals surface area contributed by atoms with Gasteiger partial charge in [0.15, 0.2) is 0 Å². The number of rotatable bonds is 3. The van der Waals surface area contributed by atoms with Crippen LogP contribution in [0.4, 0.5) is 0 Å². The fourth-order valence-electron chi connectivity index (χ4n) is 3.23. The van der Waals surface area contributed by atoms with Gasteiger partial charge < -0.3 is 5.32 Å². The van der Waals surface area contributed by atoms with E-state index >= 15 is 0 Å². The predicted molar refractivity (Wildman–Crippen MR) is 88.7 cm³/mol. The molecule has 2 bridgehead atoms. The lowest BCUT2D eigenvalue weighted by atomic mass is 9.98. The number of hydrogen-bond acceptors (Lipinski definition) is 3. The molecule has 2 unspecified atom stereocenters. The summed E-state index contributed by atoms with van der Waals surface area (Å²) >= 11 is 11.3. The molecule has 0 amide bonds. The van der Waals surface area contributed by atoms with Gasteiger partial charge in [-0.1, -0.05) is 11.6 Å². The van der Waals surface area contributed by atoms with Gasteiger partial charge in [0.1, 0.15) is 4.34 Å². The van der Waals surface area contributed by atoms with Gasteiger partial charge in [-0.2, -0.15) is 0 Å². The zero-order chi connectivity index (χ0) is 12.7. The van der Waals surface area contributed by atoms with Crippen molar-refractivity contribution in [3.05, 3.63) is 19.8 Å². The highest BCUT2D eigenvalue weighted by Crippen LogP contribution is 2.34. The molecule has 2 atom stereocenters. The highest BCUT2D eigenvalue weighted by molar-refractivity contribution is 9.10. The number of hydrogen-bond donors (Lipinski definition) is 1. The van der Waals surface area contributed by atoms with Crippen LogP contribution in [-0.2, 0) is 6.54 Å². The van der Waals surface area contributed by atoms with E-state index < -0.39 is 0 Å². The molecule has 2 aliphatic rings. The number of nitrogens with one attached hydrogen (secondary N) is 1. The maximum absolute atomic E-state index is 6.10. The molecule has 0 aromatic carbocycles. The number of thiophene rings is 1. The van der Waals surface area contributed by atoms with Crippen molar-refractivity contribution >= 4 is 51.3 Å². The van der Waals surface area contributed by atoms with Crippen LogP contribution in [-0.4, -0.2) is 30.1 Å². The molecule has 19 heavy (non-hydrogen) atoms. The van der Waals surface area contributed by atoms with Crippen LogP contribution < -0.4 is 5.32 Å². The molecule has 3 heterocycles. The van der Waals surface area contributed by atoms with Crippen LogP contribution in [0.5, 0.6) is 0 Å². The fraction of sp³-hybridized carbons (Fsp3) is 0.692. The molecule has 2 fully saturated rings. The van der Waals surface area contributed by atoms with Crippen molar-refractivity contribution in [2.75, 3.05) is 7.05 Å². The minimum atomic E-state index is 0. The fourth-order valence-corrected chi connectivity index (χ4v) is 5.09. The number of fused-ring (bicyclic) bond motifs is 2. The van der Waals surface area contributed by atoms with Crippen LogP contribution in [0.3, 0.4) is 0 Å². The third-order valence-corrected chi connectivity index (χ3v) is 6.63. The van der Waals surface area contributed by atoms with Gasteiger partial charge in [0.25, 0.3) is 0 Å². The SMILES string of the molecule is CN(Cc1cc(Br)c(Cl)s1)C1CC2CCC(C1)N2.Cl. The molecular formula is C13H19BrCl2N2S. The van der Waals surface area contributed by atoms with Crippen LogP contribution in [0.1, 0.15) is 30.6 Å². The summed E-state index contributed by atoms with van der Waals surface area (Å²) in [6.45, 7) is 1.01. The summed E-state index contributed by atoms with van der Waals surface area (Å²) in [6, 6.07) is 4.40. The summed E-state index contributed by atoms with van der Waals surface area (Å²) in [5.41, 5.74) is 0. The topological polar surface area (TPSA) is 15.3 Å². The van der Waals surface area contributed by atoms with Gasteiger partial charge >= 0.3 is 0 Å². The lowest BCUT2D eigenvalue weighted by molar-refractivity contribution is 0.167. The normalized spacial score (nSPS) is 29.6. The quantitative estimate of drug-likeness (QED) is 0.834. The third kappa shape index (κ3) is 3.66. The van der Waals surface area contributed by atoms with E-state index in [4.69, 9.17) is 11.6 Å². The van der Waals surface area contributed by atoms with Gasteiger partial charge in [0.2, 0.25) is 0 Å². The highest BCUT2D eigenvalue weighted by atomic mass is 79.9. The van der Waals surface area contributed by atoms with Gasteiger partial charge in [-0.05, 0) is 54.7 Å². The lowest BCUT2D eigenvalue weighted by Gasteiger charge is -2.35. The predicted octanol–water partition coefficient (Wildman–Crippen LogP) is 4.30. The zero-order valence-corrected chi connectivity index (χ0v) is 14.8. The van der Waals surface area contributed by atoms with Crippen molar-refractivity contribution in [2.45, 2.75) is 50.4 Å². The minimum Gasteiger partial charge on any atom is -0.311 e. The first-order chi connectivity index (χ1) is 8.61. The Bertz CT molecular complexity index is 409. The second-order valence-corrected chi connectivity index (χ2v) is 8.11. The molecule has 2 nitrogen and oxygen atoms in total. The molecule has 1 N–H and O–H groups in total. The Hall–Kier alpha value is 0.680. The Morgan fingerprint density at radius 2 is 2.05 bits per heavy atom. The summed E-state index contributed by atoms with van der Waals surface area (Å²) < 4.78 is 1.90. The van der Waals surface area contributed by atoms with Gasteiger partial charge in [-0.25, -0.2) is 0 Å². The summed E-state index contributed by atoms with van der Waals surface area (Å²) in [6.07, 6.45) is 5.33. The standard InChI is InChI=1S/C13H18BrClN2S.ClH/c1-17(7-11-6-12(14)13(15)18-11)10-4-8-2-3-9(5-10)16-8;/h6,8-10,16H,2-5,7H2,1H3;1H. The van der Waals surface area contributed by atoms with E-state index in [1.54, 1.807) is 11.3 Å². The van der Waals surface area contributed by atoms with Crippen molar-refractivity contribution in [2.24, 2.45) is 0 Å². The van der Waals surface area contributed by atoms with E-state index in [9.17, 15) is 0 Å². The molecule has 1 aromatic heterocycles. The van der Waals surface area contributed by atoms with Crippen molar-refractivity contribution in [1.82, 2.24) is 10.2 Å². The second-order valence-electron chi connectivity index (χ2n) is 5.51. The van der Waals surface area contributed by atoms with E-state index in [0.29, 0.717) is 0 Å². The summed E-state index contributed by atoms with van der Waals surface area (Å²) in [5.74, 6) is 0. The molecule has 3 rings (SSSR count).